The van der Waals surface area contributed by atoms with Gasteiger partial charge in [0.1, 0.15) is 5.69 Å². The molecule has 8 heteroatoms. The van der Waals surface area contributed by atoms with Crippen LogP contribution in [0.2, 0.25) is 0 Å². The summed E-state index contributed by atoms with van der Waals surface area (Å²) in [5.41, 5.74) is 0.334. The molecule has 7 nitrogen and oxygen atoms in total. The first-order valence-electron chi connectivity index (χ1n) is 6.02. The predicted octanol–water partition coefficient (Wildman–Crippen LogP) is 2.00. The Morgan fingerprint density at radius 3 is 3.00 bits per heavy atom. The number of hydrogen-bond acceptors (Lipinski definition) is 6. The smallest absolute Gasteiger partial charge is 0.293 e. The van der Waals surface area contributed by atoms with E-state index in [0.29, 0.717) is 17.7 Å². The lowest BCUT2D eigenvalue weighted by atomic mass is 10.2. The number of rotatable bonds is 6. The van der Waals surface area contributed by atoms with Crippen molar-refractivity contribution >= 4 is 34.0 Å². The second-order valence-electron chi connectivity index (χ2n) is 4.15. The lowest BCUT2D eigenvalue weighted by molar-refractivity contribution is -0.383. The highest BCUT2D eigenvalue weighted by atomic mass is 32.2. The van der Waals surface area contributed by atoms with Crippen molar-refractivity contribution in [1.82, 2.24) is 9.97 Å². The molecule has 0 unspecified atom stereocenters. The largest absolute Gasteiger partial charge is 0.379 e. The number of H-pyrrole nitrogens is 1. The Labute approximate surface area is 118 Å². The highest BCUT2D eigenvalue weighted by Crippen LogP contribution is 2.27. The fourth-order valence-corrected chi connectivity index (χ4v) is 2.27. The zero-order valence-electron chi connectivity index (χ0n) is 10.9. The summed E-state index contributed by atoms with van der Waals surface area (Å²) < 4.78 is 0. The Hall–Kier alpha value is -2.09. The number of aromatic nitrogens is 2. The van der Waals surface area contributed by atoms with E-state index in [0.717, 1.165) is 12.2 Å². The molecule has 0 saturated heterocycles. The lowest BCUT2D eigenvalue weighted by Crippen LogP contribution is -2.09. The first-order chi connectivity index (χ1) is 9.63. The minimum absolute atomic E-state index is 0.111. The zero-order valence-corrected chi connectivity index (χ0v) is 11.7. The number of nitrogens with zero attached hydrogens (tertiary/aromatic N) is 2. The van der Waals surface area contributed by atoms with Gasteiger partial charge in [-0.15, -0.1) is 0 Å². The molecule has 2 N–H and O–H groups in total. The average Bonchev–Trinajstić information content (AvgIpc) is 2.43. The summed E-state index contributed by atoms with van der Waals surface area (Å²) in [7, 11) is 0. The molecule has 106 valence electrons. The van der Waals surface area contributed by atoms with Crippen LogP contribution >= 0.6 is 11.8 Å². The molecule has 20 heavy (non-hydrogen) atoms. The Bertz CT molecular complexity index is 686. The fraction of sp³-hybridized carbons (Fsp3) is 0.333. The number of thioether (sulfide) groups is 1. The first-order valence-corrected chi connectivity index (χ1v) is 7.41. The lowest BCUT2D eigenvalue weighted by Gasteiger charge is -2.07. The molecule has 1 aromatic heterocycles. The van der Waals surface area contributed by atoms with E-state index in [4.69, 9.17) is 0 Å². The monoisotopic (exact) mass is 294 g/mol. The van der Waals surface area contributed by atoms with Crippen LogP contribution in [0.4, 0.5) is 11.4 Å². The van der Waals surface area contributed by atoms with Gasteiger partial charge in [0.2, 0.25) is 0 Å². The Kier molecular flexibility index (Phi) is 4.57. The van der Waals surface area contributed by atoms with Gasteiger partial charge in [0, 0.05) is 12.6 Å². The van der Waals surface area contributed by atoms with Crippen molar-refractivity contribution in [1.29, 1.82) is 0 Å². The minimum Gasteiger partial charge on any atom is -0.379 e. The van der Waals surface area contributed by atoms with Crippen LogP contribution < -0.4 is 10.9 Å². The molecule has 2 aromatic rings. The summed E-state index contributed by atoms with van der Waals surface area (Å²) in [5, 5.41) is 14.3. The van der Waals surface area contributed by atoms with Crippen molar-refractivity contribution in [2.45, 2.75) is 6.42 Å². The summed E-state index contributed by atoms with van der Waals surface area (Å²) in [6.45, 7) is 0.635. The van der Waals surface area contributed by atoms with Gasteiger partial charge in [0.25, 0.3) is 11.2 Å². The summed E-state index contributed by atoms with van der Waals surface area (Å²) >= 11 is 1.72. The van der Waals surface area contributed by atoms with Crippen LogP contribution in [0.25, 0.3) is 10.9 Å². The van der Waals surface area contributed by atoms with E-state index < -0.39 is 4.92 Å². The predicted molar refractivity (Wildman–Crippen MR) is 80.5 cm³/mol. The molecule has 0 amide bonds. The van der Waals surface area contributed by atoms with Gasteiger partial charge >= 0.3 is 0 Å². The van der Waals surface area contributed by atoms with Crippen molar-refractivity contribution in [3.8, 4) is 0 Å². The number of hydrogen-bond donors (Lipinski definition) is 2. The number of anilines is 1. The van der Waals surface area contributed by atoms with Crippen LogP contribution in [-0.2, 0) is 0 Å². The maximum atomic E-state index is 11.6. The second-order valence-corrected chi connectivity index (χ2v) is 5.13. The molecule has 0 aliphatic heterocycles. The van der Waals surface area contributed by atoms with Crippen LogP contribution in [0.1, 0.15) is 6.42 Å². The van der Waals surface area contributed by atoms with Crippen LogP contribution in [-0.4, -0.2) is 33.4 Å². The van der Waals surface area contributed by atoms with Crippen molar-refractivity contribution in [2.24, 2.45) is 0 Å². The van der Waals surface area contributed by atoms with Gasteiger partial charge in [-0.3, -0.25) is 14.9 Å². The Morgan fingerprint density at radius 1 is 1.50 bits per heavy atom. The van der Waals surface area contributed by atoms with Crippen molar-refractivity contribution in [3.05, 3.63) is 38.9 Å². The van der Waals surface area contributed by atoms with Gasteiger partial charge in [-0.05, 0) is 24.5 Å². The third-order valence-electron chi connectivity index (χ3n) is 2.80. The molecule has 2 rings (SSSR count). The molecule has 1 heterocycles. The molecular weight excluding hydrogens is 280 g/mol. The maximum Gasteiger partial charge on any atom is 0.293 e. The molecule has 0 fully saturated rings. The molecule has 0 aliphatic rings. The highest BCUT2D eigenvalue weighted by Gasteiger charge is 2.16. The number of benzene rings is 1. The Morgan fingerprint density at radius 2 is 2.30 bits per heavy atom. The number of nitrogens with one attached hydrogen (secondary N) is 2. The minimum atomic E-state index is -0.497. The van der Waals surface area contributed by atoms with Crippen LogP contribution in [0, 0.1) is 10.1 Å². The van der Waals surface area contributed by atoms with Crippen molar-refractivity contribution in [2.75, 3.05) is 23.9 Å². The Balaban J connectivity index is 2.39. The summed E-state index contributed by atoms with van der Waals surface area (Å²) in [5.74, 6) is 0.978. The van der Waals surface area contributed by atoms with Crippen LogP contribution in [0.5, 0.6) is 0 Å². The van der Waals surface area contributed by atoms with E-state index in [1.165, 1.54) is 12.4 Å². The number of aromatic amines is 1. The van der Waals surface area contributed by atoms with Crippen molar-refractivity contribution in [3.63, 3.8) is 0 Å². The van der Waals surface area contributed by atoms with Gasteiger partial charge in [0.05, 0.1) is 22.2 Å². The van der Waals surface area contributed by atoms with Crippen LogP contribution in [0.3, 0.4) is 0 Å². The first kappa shape index (κ1) is 14.3. The van der Waals surface area contributed by atoms with Gasteiger partial charge in [-0.2, -0.15) is 11.8 Å². The van der Waals surface area contributed by atoms with Crippen LogP contribution in [0.15, 0.2) is 23.3 Å². The third-order valence-corrected chi connectivity index (χ3v) is 3.49. The van der Waals surface area contributed by atoms with Gasteiger partial charge < -0.3 is 10.3 Å². The quantitative estimate of drug-likeness (QED) is 0.480. The molecule has 0 atom stereocenters. The van der Waals surface area contributed by atoms with E-state index >= 15 is 0 Å². The molecule has 1 aromatic carbocycles. The molecule has 0 bridgehead atoms. The van der Waals surface area contributed by atoms with Crippen molar-refractivity contribution < 1.29 is 4.92 Å². The van der Waals surface area contributed by atoms with E-state index in [2.05, 4.69) is 15.3 Å². The standard InChI is InChI=1S/C12H14N4O3S/c1-20-4-2-3-13-10-6-9-8(5-11(10)16(18)19)12(17)15-7-14-9/h5-7,13H,2-4H2,1H3,(H,14,15,17). The topological polar surface area (TPSA) is 101 Å². The highest BCUT2D eigenvalue weighted by molar-refractivity contribution is 7.98. The van der Waals surface area contributed by atoms with E-state index in [1.54, 1.807) is 17.8 Å². The summed E-state index contributed by atoms with van der Waals surface area (Å²) in [6.07, 6.45) is 4.20. The van der Waals surface area contributed by atoms with Gasteiger partial charge in [0.15, 0.2) is 0 Å². The summed E-state index contributed by atoms with van der Waals surface area (Å²) in [6, 6.07) is 2.81. The van der Waals surface area contributed by atoms with E-state index in [-0.39, 0.29) is 16.6 Å². The molecule has 0 radical (unpaired) electrons. The van der Waals surface area contributed by atoms with E-state index in [1.807, 2.05) is 6.26 Å². The van der Waals surface area contributed by atoms with Gasteiger partial charge in [-0.1, -0.05) is 0 Å². The summed E-state index contributed by atoms with van der Waals surface area (Å²) in [4.78, 5) is 28.7. The molecular formula is C12H14N4O3S. The zero-order chi connectivity index (χ0) is 14.5. The second kappa shape index (κ2) is 6.38. The normalized spacial score (nSPS) is 10.7. The van der Waals surface area contributed by atoms with E-state index in [9.17, 15) is 14.9 Å². The number of nitro groups is 1. The SMILES string of the molecule is CSCCCNc1cc2nc[nH]c(=O)c2cc1[N+](=O)[O-]. The van der Waals surface area contributed by atoms with Gasteiger partial charge in [-0.25, -0.2) is 4.98 Å². The molecule has 0 aliphatic carbocycles. The molecule has 0 spiro atoms. The average molecular weight is 294 g/mol. The maximum absolute atomic E-state index is 11.6. The number of fused-ring (bicyclic) bond motifs is 1. The fourth-order valence-electron chi connectivity index (χ4n) is 1.84. The third kappa shape index (κ3) is 3.08. The number of nitro benzene ring substituents is 1. The molecule has 0 saturated carbocycles.